The van der Waals surface area contributed by atoms with Gasteiger partial charge in [-0.05, 0) is 37.6 Å². The van der Waals surface area contributed by atoms with E-state index in [1.54, 1.807) is 0 Å². The van der Waals surface area contributed by atoms with Gasteiger partial charge in [-0.3, -0.25) is 0 Å². The average Bonchev–Trinajstić information content (AvgIpc) is 2.62. The van der Waals surface area contributed by atoms with Crippen molar-refractivity contribution in [3.63, 3.8) is 0 Å². The van der Waals surface area contributed by atoms with Crippen LogP contribution in [-0.4, -0.2) is 15.0 Å². The van der Waals surface area contributed by atoms with Crippen LogP contribution in [0.4, 0.5) is 17.6 Å². The van der Waals surface area contributed by atoms with Crippen molar-refractivity contribution in [1.82, 2.24) is 20.3 Å². The van der Waals surface area contributed by atoms with Gasteiger partial charge in [-0.15, -0.1) is 0 Å². The highest BCUT2D eigenvalue weighted by Crippen LogP contribution is 2.25. The average molecular weight is 369 g/mol. The molecule has 2 aromatic carbocycles. The Bertz CT molecular complexity index is 871. The van der Waals surface area contributed by atoms with Gasteiger partial charge in [0.15, 0.2) is 5.82 Å². The summed E-state index contributed by atoms with van der Waals surface area (Å²) >= 11 is 6.28. The maximum atomic E-state index is 6.28. The highest BCUT2D eigenvalue weighted by Gasteiger charge is 2.17. The molecule has 2 unspecified atom stereocenters. The van der Waals surface area contributed by atoms with Crippen LogP contribution in [-0.2, 0) is 0 Å². The Kier molecular flexibility index (Phi) is 5.65. The van der Waals surface area contributed by atoms with Crippen LogP contribution in [0.1, 0.15) is 37.3 Å². The molecule has 1 aromatic heterocycles. The predicted octanol–water partition coefficient (Wildman–Crippen LogP) is 4.26. The van der Waals surface area contributed by atoms with Crippen molar-refractivity contribution in [1.29, 1.82) is 0 Å². The first-order valence-corrected chi connectivity index (χ1v) is 8.74. The quantitative estimate of drug-likeness (QED) is 0.602. The number of nitrogen functional groups attached to an aromatic ring is 1. The van der Waals surface area contributed by atoms with Crippen molar-refractivity contribution in [2.75, 3.05) is 11.1 Å². The van der Waals surface area contributed by atoms with Gasteiger partial charge in [-0.1, -0.05) is 48.0 Å². The monoisotopic (exact) mass is 368 g/mol. The third kappa shape index (κ3) is 4.47. The van der Waals surface area contributed by atoms with Crippen LogP contribution in [0.5, 0.6) is 0 Å². The number of nitrogens with two attached hydrogens (primary N) is 1. The lowest BCUT2D eigenvalue weighted by molar-refractivity contribution is 0.476. The highest BCUT2D eigenvalue weighted by molar-refractivity contribution is 6.31. The molecule has 2 atom stereocenters. The lowest BCUT2D eigenvalue weighted by Crippen LogP contribution is -2.25. The number of para-hydroxylation sites is 1. The second-order valence-electron chi connectivity index (χ2n) is 6.00. The Morgan fingerprint density at radius 3 is 2.31 bits per heavy atom. The third-order valence-electron chi connectivity index (χ3n) is 3.96. The Balaban J connectivity index is 1.77. The van der Waals surface area contributed by atoms with Gasteiger partial charge in [-0.2, -0.15) is 15.0 Å². The smallest absolute Gasteiger partial charge is 0.232 e. The molecule has 0 saturated heterocycles. The Labute approximate surface area is 157 Å². The van der Waals surface area contributed by atoms with Crippen molar-refractivity contribution >= 4 is 29.2 Å². The van der Waals surface area contributed by atoms with E-state index < -0.39 is 0 Å². The molecule has 0 saturated carbocycles. The molecule has 134 valence electrons. The van der Waals surface area contributed by atoms with E-state index in [4.69, 9.17) is 17.3 Å². The van der Waals surface area contributed by atoms with Crippen LogP contribution < -0.4 is 16.4 Å². The maximum Gasteiger partial charge on any atom is 0.232 e. The lowest BCUT2D eigenvalue weighted by atomic mass is 10.1. The zero-order chi connectivity index (χ0) is 18.5. The van der Waals surface area contributed by atoms with E-state index in [2.05, 4.69) is 25.6 Å². The molecule has 4 N–H and O–H groups in total. The molecule has 0 amide bonds. The number of benzene rings is 2. The van der Waals surface area contributed by atoms with Crippen molar-refractivity contribution in [3.8, 4) is 0 Å². The SMILES string of the molecule is CC(NC(C)c1ccccc1Cl)c1nc(N)nc(Nc2ccccc2)n1. The van der Waals surface area contributed by atoms with Crippen molar-refractivity contribution in [3.05, 3.63) is 71.0 Å². The topological polar surface area (TPSA) is 88.8 Å². The number of hydrogen-bond acceptors (Lipinski definition) is 6. The Hall–Kier alpha value is -2.70. The third-order valence-corrected chi connectivity index (χ3v) is 4.30. The lowest BCUT2D eigenvalue weighted by Gasteiger charge is -2.20. The summed E-state index contributed by atoms with van der Waals surface area (Å²) in [4.78, 5) is 12.9. The second-order valence-corrected chi connectivity index (χ2v) is 6.41. The molecule has 0 radical (unpaired) electrons. The number of anilines is 3. The highest BCUT2D eigenvalue weighted by atomic mass is 35.5. The van der Waals surface area contributed by atoms with Gasteiger partial charge in [0.25, 0.3) is 0 Å². The van der Waals surface area contributed by atoms with Gasteiger partial charge in [0, 0.05) is 16.8 Å². The molecule has 1 heterocycles. The largest absolute Gasteiger partial charge is 0.368 e. The molecule has 0 spiro atoms. The summed E-state index contributed by atoms with van der Waals surface area (Å²) < 4.78 is 0. The Morgan fingerprint density at radius 1 is 0.885 bits per heavy atom. The number of nitrogens with one attached hydrogen (secondary N) is 2. The molecule has 0 aliphatic carbocycles. The van der Waals surface area contributed by atoms with Gasteiger partial charge in [0.05, 0.1) is 6.04 Å². The number of nitrogens with zero attached hydrogens (tertiary/aromatic N) is 3. The molecule has 3 aromatic rings. The first kappa shape index (κ1) is 18.1. The minimum Gasteiger partial charge on any atom is -0.368 e. The molecular formula is C19H21ClN6. The van der Waals surface area contributed by atoms with E-state index in [9.17, 15) is 0 Å². The molecule has 0 fully saturated rings. The molecule has 0 aliphatic heterocycles. The molecule has 0 aliphatic rings. The summed E-state index contributed by atoms with van der Waals surface area (Å²) in [6, 6.07) is 17.3. The van der Waals surface area contributed by atoms with Crippen LogP contribution in [0.2, 0.25) is 5.02 Å². The van der Waals surface area contributed by atoms with Crippen LogP contribution in [0.25, 0.3) is 0 Å². The number of hydrogen-bond donors (Lipinski definition) is 3. The minimum atomic E-state index is -0.136. The van der Waals surface area contributed by atoms with Gasteiger partial charge in [-0.25, -0.2) is 0 Å². The van der Waals surface area contributed by atoms with Crippen LogP contribution in [0, 0.1) is 0 Å². The first-order valence-electron chi connectivity index (χ1n) is 8.37. The van der Waals surface area contributed by atoms with Gasteiger partial charge < -0.3 is 16.4 Å². The van der Waals surface area contributed by atoms with Gasteiger partial charge in [0.2, 0.25) is 11.9 Å². The van der Waals surface area contributed by atoms with E-state index in [0.717, 1.165) is 16.3 Å². The fourth-order valence-corrected chi connectivity index (χ4v) is 2.97. The zero-order valence-corrected chi connectivity index (χ0v) is 15.4. The molecule has 26 heavy (non-hydrogen) atoms. The predicted molar refractivity (Wildman–Crippen MR) is 105 cm³/mol. The van der Waals surface area contributed by atoms with E-state index in [1.165, 1.54) is 0 Å². The first-order chi connectivity index (χ1) is 12.5. The maximum absolute atomic E-state index is 6.28. The summed E-state index contributed by atoms with van der Waals surface area (Å²) in [7, 11) is 0. The van der Waals surface area contributed by atoms with E-state index in [0.29, 0.717) is 11.8 Å². The number of halogens is 1. The second kappa shape index (κ2) is 8.12. The van der Waals surface area contributed by atoms with Crippen LogP contribution in [0.3, 0.4) is 0 Å². The summed E-state index contributed by atoms with van der Waals surface area (Å²) in [5.41, 5.74) is 7.77. The molecule has 0 bridgehead atoms. The molecule has 6 nitrogen and oxygen atoms in total. The molecule has 3 rings (SSSR count). The van der Waals surface area contributed by atoms with Crippen molar-refractivity contribution < 1.29 is 0 Å². The molecular weight excluding hydrogens is 348 g/mol. The summed E-state index contributed by atoms with van der Waals surface area (Å²) in [6.07, 6.45) is 0. The van der Waals surface area contributed by atoms with Crippen molar-refractivity contribution in [2.24, 2.45) is 0 Å². The minimum absolute atomic E-state index is 0.0298. The fourth-order valence-electron chi connectivity index (χ4n) is 2.68. The van der Waals surface area contributed by atoms with E-state index in [1.807, 2.05) is 68.4 Å². The standard InChI is InChI=1S/C19H21ClN6/c1-12(15-10-6-7-11-16(15)20)22-13(2)17-24-18(21)26-19(25-17)23-14-8-4-3-5-9-14/h3-13,22H,1-2H3,(H3,21,23,24,25,26). The fraction of sp³-hybridized carbons (Fsp3) is 0.211. The van der Waals surface area contributed by atoms with Crippen LogP contribution >= 0.6 is 11.6 Å². The normalized spacial score (nSPS) is 13.2. The summed E-state index contributed by atoms with van der Waals surface area (Å²) in [6.45, 7) is 4.03. The summed E-state index contributed by atoms with van der Waals surface area (Å²) in [5.74, 6) is 1.15. The Morgan fingerprint density at radius 2 is 1.58 bits per heavy atom. The number of aromatic nitrogens is 3. The zero-order valence-electron chi connectivity index (χ0n) is 14.6. The number of rotatable bonds is 6. The van der Waals surface area contributed by atoms with E-state index >= 15 is 0 Å². The van der Waals surface area contributed by atoms with Crippen molar-refractivity contribution in [2.45, 2.75) is 25.9 Å². The van der Waals surface area contributed by atoms with Gasteiger partial charge >= 0.3 is 0 Å². The van der Waals surface area contributed by atoms with E-state index in [-0.39, 0.29) is 18.0 Å². The van der Waals surface area contributed by atoms with Gasteiger partial charge in [0.1, 0.15) is 0 Å². The molecule has 7 heteroatoms. The summed E-state index contributed by atoms with van der Waals surface area (Å²) in [5, 5.41) is 7.32. The van der Waals surface area contributed by atoms with Crippen LogP contribution in [0.15, 0.2) is 54.6 Å².